The first-order chi connectivity index (χ1) is 11.0. The Morgan fingerprint density at radius 1 is 1.17 bits per heavy atom. The number of hydrogen-bond acceptors (Lipinski definition) is 5. The summed E-state index contributed by atoms with van der Waals surface area (Å²) in [5.41, 5.74) is 0. The summed E-state index contributed by atoms with van der Waals surface area (Å²) in [4.78, 5) is 14.3. The molecule has 1 amide bonds. The summed E-state index contributed by atoms with van der Waals surface area (Å²) >= 11 is 3.11. The summed E-state index contributed by atoms with van der Waals surface area (Å²) in [5, 5.41) is 12.4. The molecule has 132 valence electrons. The summed E-state index contributed by atoms with van der Waals surface area (Å²) in [7, 11) is 4.12. The molecule has 1 aliphatic heterocycles. The Labute approximate surface area is 150 Å². The van der Waals surface area contributed by atoms with Gasteiger partial charge in [0.2, 0.25) is 10.1 Å². The molecule has 1 heterocycles. The minimum Gasteiger partial charge on any atom is -0.321 e. The van der Waals surface area contributed by atoms with E-state index in [1.54, 1.807) is 23.5 Å². The van der Waals surface area contributed by atoms with Crippen molar-refractivity contribution < 1.29 is 4.79 Å². The highest BCUT2D eigenvalue weighted by Crippen LogP contribution is 2.40. The smallest absolute Gasteiger partial charge is 0.222 e. The van der Waals surface area contributed by atoms with E-state index >= 15 is 0 Å². The van der Waals surface area contributed by atoms with E-state index in [0.717, 1.165) is 24.3 Å². The van der Waals surface area contributed by atoms with Gasteiger partial charge in [0.05, 0.1) is 0 Å². The normalized spacial score (nSPS) is 24.4. The van der Waals surface area contributed by atoms with Crippen molar-refractivity contribution in [3.63, 3.8) is 0 Å². The maximum atomic E-state index is 12.1. The number of nitrogens with one attached hydrogen (secondary N) is 1. The lowest BCUT2D eigenvalue weighted by Crippen LogP contribution is -2.48. The zero-order valence-electron chi connectivity index (χ0n) is 14.8. The van der Waals surface area contributed by atoms with E-state index in [4.69, 9.17) is 0 Å². The minimum atomic E-state index is -0.787. The number of unbranched alkanes of at least 4 members (excludes halogenated alkanes) is 6. The average Bonchev–Trinajstić information content (AvgIpc) is 2.54. The van der Waals surface area contributed by atoms with Gasteiger partial charge in [-0.3, -0.25) is 4.79 Å². The summed E-state index contributed by atoms with van der Waals surface area (Å²) in [6.07, 6.45) is 8.95. The molecule has 4 nitrogen and oxygen atoms in total. The molecule has 0 aliphatic carbocycles. The van der Waals surface area contributed by atoms with Crippen LogP contribution in [0.5, 0.6) is 0 Å². The van der Waals surface area contributed by atoms with Crippen molar-refractivity contribution in [1.29, 1.82) is 5.26 Å². The van der Waals surface area contributed by atoms with Gasteiger partial charge < -0.3 is 10.2 Å². The third-order valence-electron chi connectivity index (χ3n) is 4.15. The molecule has 0 spiro atoms. The van der Waals surface area contributed by atoms with Crippen LogP contribution < -0.4 is 5.32 Å². The van der Waals surface area contributed by atoms with E-state index in [-0.39, 0.29) is 5.91 Å². The van der Waals surface area contributed by atoms with Crippen LogP contribution in [0.15, 0.2) is 0 Å². The van der Waals surface area contributed by atoms with Gasteiger partial charge in [0.25, 0.3) is 0 Å². The third kappa shape index (κ3) is 7.82. The summed E-state index contributed by atoms with van der Waals surface area (Å²) in [5.74, 6) is 1.78. The Bertz CT molecular complexity index is 388. The number of hydrogen-bond donors (Lipinski definition) is 1. The highest BCUT2D eigenvalue weighted by atomic mass is 32.2. The van der Waals surface area contributed by atoms with E-state index in [9.17, 15) is 10.1 Å². The van der Waals surface area contributed by atoms with E-state index < -0.39 is 4.20 Å². The zero-order valence-corrected chi connectivity index (χ0v) is 16.4. The van der Waals surface area contributed by atoms with Crippen LogP contribution >= 0.6 is 23.5 Å². The SMILES string of the molecule is CCCCCCCCCC(=O)NC1(C#N)SCC(N(C)C)CS1. The lowest BCUT2D eigenvalue weighted by molar-refractivity contribution is -0.121. The molecular formula is C17H31N3OS2. The van der Waals surface area contributed by atoms with Gasteiger partial charge in [0.15, 0.2) is 0 Å². The first kappa shape index (κ1) is 20.7. The van der Waals surface area contributed by atoms with Crippen molar-refractivity contribution in [3.05, 3.63) is 0 Å². The largest absolute Gasteiger partial charge is 0.321 e. The summed E-state index contributed by atoms with van der Waals surface area (Å²) in [6, 6.07) is 2.77. The fourth-order valence-electron chi connectivity index (χ4n) is 2.47. The van der Waals surface area contributed by atoms with E-state index in [1.807, 2.05) is 0 Å². The minimum absolute atomic E-state index is 0.0170. The van der Waals surface area contributed by atoms with Crippen LogP contribution in [-0.2, 0) is 4.79 Å². The highest BCUT2D eigenvalue weighted by molar-refractivity contribution is 8.19. The highest BCUT2D eigenvalue weighted by Gasteiger charge is 2.39. The molecule has 0 aromatic heterocycles. The molecule has 6 heteroatoms. The second-order valence-electron chi connectivity index (χ2n) is 6.39. The maximum Gasteiger partial charge on any atom is 0.222 e. The predicted molar refractivity (Wildman–Crippen MR) is 101 cm³/mol. The van der Waals surface area contributed by atoms with E-state index in [1.165, 1.54) is 32.1 Å². The molecule has 0 bridgehead atoms. The molecule has 23 heavy (non-hydrogen) atoms. The molecule has 1 rings (SSSR count). The van der Waals surface area contributed by atoms with Gasteiger partial charge >= 0.3 is 0 Å². The quantitative estimate of drug-likeness (QED) is 0.602. The van der Waals surface area contributed by atoms with E-state index in [0.29, 0.717) is 12.5 Å². The van der Waals surface area contributed by atoms with Crippen molar-refractivity contribution in [2.75, 3.05) is 25.6 Å². The molecule has 0 saturated carbocycles. The standard InChI is InChI=1S/C17H31N3OS2/c1-4-5-6-7-8-9-10-11-16(21)19-17(14-18)22-12-15(13-23-17)20(2)3/h15H,4-13H2,1-3H3,(H,19,21). The number of amides is 1. The number of rotatable bonds is 10. The predicted octanol–water partition coefficient (Wildman–Crippen LogP) is 3.83. The van der Waals surface area contributed by atoms with Crippen LogP contribution in [0.25, 0.3) is 0 Å². The van der Waals surface area contributed by atoms with Gasteiger partial charge in [-0.1, -0.05) is 45.4 Å². The van der Waals surface area contributed by atoms with Crippen LogP contribution in [0.3, 0.4) is 0 Å². The Morgan fingerprint density at radius 2 is 1.74 bits per heavy atom. The Balaban J connectivity index is 2.23. The number of carbonyl (C=O) groups is 1. The monoisotopic (exact) mass is 357 g/mol. The van der Waals surface area contributed by atoms with Crippen LogP contribution in [-0.4, -0.2) is 46.7 Å². The lowest BCUT2D eigenvalue weighted by Gasteiger charge is -2.36. The number of carbonyl (C=O) groups excluding carboxylic acids is 1. The Hall–Kier alpha value is -0.380. The van der Waals surface area contributed by atoms with Crippen molar-refractivity contribution in [1.82, 2.24) is 10.2 Å². The number of thioether (sulfide) groups is 2. The van der Waals surface area contributed by atoms with Gasteiger partial charge in [-0.05, 0) is 20.5 Å². The van der Waals surface area contributed by atoms with Gasteiger partial charge in [0, 0.05) is 24.0 Å². The molecule has 0 aromatic carbocycles. The lowest BCUT2D eigenvalue weighted by atomic mass is 10.1. The van der Waals surface area contributed by atoms with Crippen molar-refractivity contribution in [2.45, 2.75) is 68.5 Å². The van der Waals surface area contributed by atoms with E-state index in [2.05, 4.69) is 37.3 Å². The van der Waals surface area contributed by atoms with Gasteiger partial charge in [-0.15, -0.1) is 23.5 Å². The summed E-state index contributed by atoms with van der Waals surface area (Å²) in [6.45, 7) is 2.22. The van der Waals surface area contributed by atoms with Crippen LogP contribution in [0.2, 0.25) is 0 Å². The van der Waals surface area contributed by atoms with Gasteiger partial charge in [-0.25, -0.2) is 0 Å². The molecule has 0 aromatic rings. The molecule has 0 radical (unpaired) electrons. The summed E-state index contributed by atoms with van der Waals surface area (Å²) < 4.78 is -0.787. The van der Waals surface area contributed by atoms with Crippen LogP contribution in [0.1, 0.15) is 58.3 Å². The first-order valence-electron chi connectivity index (χ1n) is 8.69. The molecular weight excluding hydrogens is 326 g/mol. The average molecular weight is 358 g/mol. The number of nitriles is 1. The topological polar surface area (TPSA) is 56.1 Å². The fraction of sp³-hybridized carbons (Fsp3) is 0.882. The number of nitrogens with zero attached hydrogens (tertiary/aromatic N) is 2. The molecule has 1 saturated heterocycles. The Kier molecular flexibility index (Phi) is 10.1. The second kappa shape index (κ2) is 11.2. The van der Waals surface area contributed by atoms with Crippen LogP contribution in [0, 0.1) is 11.3 Å². The maximum absolute atomic E-state index is 12.1. The third-order valence-corrected chi connectivity index (χ3v) is 7.16. The van der Waals surface area contributed by atoms with Crippen molar-refractivity contribution in [2.24, 2.45) is 0 Å². The van der Waals surface area contributed by atoms with Gasteiger partial charge in [-0.2, -0.15) is 5.26 Å². The zero-order chi connectivity index (χ0) is 17.1. The molecule has 1 N–H and O–H groups in total. The molecule has 0 atom stereocenters. The molecule has 1 fully saturated rings. The second-order valence-corrected chi connectivity index (χ2v) is 9.11. The first-order valence-corrected chi connectivity index (χ1v) is 10.7. The van der Waals surface area contributed by atoms with Crippen molar-refractivity contribution >= 4 is 29.4 Å². The molecule has 0 unspecified atom stereocenters. The van der Waals surface area contributed by atoms with Gasteiger partial charge in [0.1, 0.15) is 6.07 Å². The molecule has 1 aliphatic rings. The fourth-order valence-corrected chi connectivity index (χ4v) is 5.55. The Morgan fingerprint density at radius 3 is 2.26 bits per heavy atom. The van der Waals surface area contributed by atoms with Crippen molar-refractivity contribution in [3.8, 4) is 6.07 Å². The van der Waals surface area contributed by atoms with Crippen LogP contribution in [0.4, 0.5) is 0 Å².